The fraction of sp³-hybridized carbons (Fsp3) is 0.619. The topological polar surface area (TPSA) is 49.9 Å². The third kappa shape index (κ3) is 3.08. The molecule has 1 aromatic carbocycles. The van der Waals surface area contributed by atoms with Gasteiger partial charge >= 0.3 is 0 Å². The molecular weight excluding hydrogens is 328 g/mol. The summed E-state index contributed by atoms with van der Waals surface area (Å²) in [7, 11) is 1.61. The van der Waals surface area contributed by atoms with Gasteiger partial charge in [-0.1, -0.05) is 25.0 Å². The maximum atomic E-state index is 13.2. The molecular formula is C21H28N2O3. The number of likely N-dealkylation sites (tertiary alicyclic amines) is 1. The molecule has 1 saturated carbocycles. The Bertz CT molecular complexity index is 688. The lowest BCUT2D eigenvalue weighted by Crippen LogP contribution is -2.51. The largest absolute Gasteiger partial charge is 0.495 e. The number of carbonyl (C=O) groups excluding carboxylic acids is 2. The van der Waals surface area contributed by atoms with Gasteiger partial charge in [0, 0.05) is 25.6 Å². The fourth-order valence-electron chi connectivity index (χ4n) is 5.09. The van der Waals surface area contributed by atoms with Crippen LogP contribution in [0.1, 0.15) is 44.9 Å². The molecule has 2 aliphatic heterocycles. The standard InChI is InChI=1S/C21H28N2O3/c1-26-19-11-5-4-10-18(19)23-14-16(13-20(23)24)21(25)22-12-6-8-15-7-2-3-9-17(15)22/h4-5,10-11,15-17H,2-3,6-9,12-14H2,1H3/t15-,16-,17+/m1/s1. The van der Waals surface area contributed by atoms with Crippen molar-refractivity contribution in [3.63, 3.8) is 0 Å². The number of fused-ring (bicyclic) bond motifs is 1. The first-order chi connectivity index (χ1) is 12.7. The van der Waals surface area contributed by atoms with Crippen LogP contribution in [0, 0.1) is 11.8 Å². The number of benzene rings is 1. The van der Waals surface area contributed by atoms with Crippen LogP contribution in [0.4, 0.5) is 5.69 Å². The Morgan fingerprint density at radius 3 is 2.73 bits per heavy atom. The number of amides is 2. The van der Waals surface area contributed by atoms with Crippen molar-refractivity contribution in [3.05, 3.63) is 24.3 Å². The van der Waals surface area contributed by atoms with Crippen molar-refractivity contribution in [2.24, 2.45) is 11.8 Å². The van der Waals surface area contributed by atoms with Gasteiger partial charge in [0.15, 0.2) is 0 Å². The highest BCUT2D eigenvalue weighted by Crippen LogP contribution is 2.38. The van der Waals surface area contributed by atoms with E-state index < -0.39 is 0 Å². The fourth-order valence-corrected chi connectivity index (χ4v) is 5.09. The summed E-state index contributed by atoms with van der Waals surface area (Å²) in [6.45, 7) is 1.32. The van der Waals surface area contributed by atoms with Crippen LogP contribution in [0.15, 0.2) is 24.3 Å². The van der Waals surface area contributed by atoms with Crippen LogP contribution in [0.2, 0.25) is 0 Å². The highest BCUT2D eigenvalue weighted by molar-refractivity contribution is 6.01. The Morgan fingerprint density at radius 2 is 1.88 bits per heavy atom. The van der Waals surface area contributed by atoms with E-state index in [1.54, 1.807) is 12.0 Å². The molecule has 0 radical (unpaired) electrons. The molecule has 2 heterocycles. The summed E-state index contributed by atoms with van der Waals surface area (Å²) in [6, 6.07) is 7.94. The number of methoxy groups -OCH3 is 1. The van der Waals surface area contributed by atoms with Gasteiger partial charge in [-0.3, -0.25) is 9.59 Å². The zero-order valence-electron chi connectivity index (χ0n) is 15.5. The normalized spacial score (nSPS) is 28.8. The molecule has 0 N–H and O–H groups in total. The third-order valence-electron chi connectivity index (χ3n) is 6.38. The summed E-state index contributed by atoms with van der Waals surface area (Å²) < 4.78 is 5.40. The molecule has 3 atom stereocenters. The number of hydrogen-bond donors (Lipinski definition) is 0. The van der Waals surface area contributed by atoms with Crippen LogP contribution in [0.25, 0.3) is 0 Å². The SMILES string of the molecule is COc1ccccc1N1C[C@H](C(=O)N2CCC[C@H]3CCCC[C@@H]32)CC1=O. The van der Waals surface area contributed by atoms with E-state index in [4.69, 9.17) is 4.74 Å². The van der Waals surface area contributed by atoms with Crippen LogP contribution in [-0.2, 0) is 9.59 Å². The molecule has 0 bridgehead atoms. The van der Waals surface area contributed by atoms with E-state index in [0.717, 1.165) is 25.1 Å². The molecule has 0 unspecified atom stereocenters. The molecule has 26 heavy (non-hydrogen) atoms. The first-order valence-corrected chi connectivity index (χ1v) is 9.93. The van der Waals surface area contributed by atoms with E-state index in [2.05, 4.69) is 4.90 Å². The summed E-state index contributed by atoms with van der Waals surface area (Å²) in [5.74, 6) is 1.33. The Morgan fingerprint density at radius 1 is 1.12 bits per heavy atom. The Hall–Kier alpha value is -2.04. The van der Waals surface area contributed by atoms with E-state index in [1.165, 1.54) is 25.7 Å². The van der Waals surface area contributed by atoms with Gasteiger partial charge in [0.05, 0.1) is 18.7 Å². The lowest BCUT2D eigenvalue weighted by Gasteiger charge is -2.45. The second kappa shape index (κ2) is 7.29. The number of nitrogens with zero attached hydrogens (tertiary/aromatic N) is 2. The van der Waals surface area contributed by atoms with Gasteiger partial charge < -0.3 is 14.5 Å². The average molecular weight is 356 g/mol. The molecule has 140 valence electrons. The Kier molecular flexibility index (Phi) is 4.88. The maximum absolute atomic E-state index is 13.2. The molecule has 1 aliphatic carbocycles. The van der Waals surface area contributed by atoms with E-state index in [-0.39, 0.29) is 17.7 Å². The number of para-hydroxylation sites is 2. The maximum Gasteiger partial charge on any atom is 0.228 e. The molecule has 5 heteroatoms. The first-order valence-electron chi connectivity index (χ1n) is 9.93. The number of carbonyl (C=O) groups is 2. The van der Waals surface area contributed by atoms with Gasteiger partial charge in [-0.05, 0) is 43.7 Å². The van der Waals surface area contributed by atoms with Crippen LogP contribution in [0.5, 0.6) is 5.75 Å². The predicted octanol–water partition coefficient (Wildman–Crippen LogP) is 3.23. The minimum Gasteiger partial charge on any atom is -0.495 e. The van der Waals surface area contributed by atoms with Crippen LogP contribution in [-0.4, -0.2) is 43.0 Å². The molecule has 3 aliphatic rings. The van der Waals surface area contributed by atoms with Gasteiger partial charge in [-0.25, -0.2) is 0 Å². The highest BCUT2D eigenvalue weighted by Gasteiger charge is 2.42. The predicted molar refractivity (Wildman–Crippen MR) is 100 cm³/mol. The van der Waals surface area contributed by atoms with Crippen LogP contribution < -0.4 is 9.64 Å². The second-order valence-electron chi connectivity index (χ2n) is 7.86. The van der Waals surface area contributed by atoms with Gasteiger partial charge in [-0.2, -0.15) is 0 Å². The zero-order chi connectivity index (χ0) is 18.1. The highest BCUT2D eigenvalue weighted by atomic mass is 16.5. The van der Waals surface area contributed by atoms with E-state index in [0.29, 0.717) is 30.7 Å². The average Bonchev–Trinajstić information content (AvgIpc) is 3.08. The smallest absolute Gasteiger partial charge is 0.228 e. The third-order valence-corrected chi connectivity index (χ3v) is 6.38. The summed E-state index contributed by atoms with van der Waals surface area (Å²) in [4.78, 5) is 29.7. The van der Waals surface area contributed by atoms with Crippen molar-refractivity contribution in [1.82, 2.24) is 4.90 Å². The van der Waals surface area contributed by atoms with Crippen molar-refractivity contribution in [1.29, 1.82) is 0 Å². The lowest BCUT2D eigenvalue weighted by molar-refractivity contribution is -0.142. The van der Waals surface area contributed by atoms with Crippen molar-refractivity contribution in [3.8, 4) is 5.75 Å². The molecule has 0 aromatic heterocycles. The molecule has 5 nitrogen and oxygen atoms in total. The molecule has 2 amide bonds. The van der Waals surface area contributed by atoms with Crippen molar-refractivity contribution in [2.45, 2.75) is 51.0 Å². The quantitative estimate of drug-likeness (QED) is 0.835. The van der Waals surface area contributed by atoms with Crippen molar-refractivity contribution in [2.75, 3.05) is 25.1 Å². The first kappa shape index (κ1) is 17.4. The number of anilines is 1. The minimum absolute atomic E-state index is 0.0186. The zero-order valence-corrected chi connectivity index (χ0v) is 15.5. The summed E-state index contributed by atoms with van der Waals surface area (Å²) in [5, 5.41) is 0. The molecule has 1 aromatic rings. The molecule has 0 spiro atoms. The van der Waals surface area contributed by atoms with Gasteiger partial charge in [0.25, 0.3) is 0 Å². The number of ether oxygens (including phenoxy) is 1. The van der Waals surface area contributed by atoms with Gasteiger partial charge in [0.1, 0.15) is 5.75 Å². The minimum atomic E-state index is -0.229. The monoisotopic (exact) mass is 356 g/mol. The summed E-state index contributed by atoms with van der Waals surface area (Å²) in [5.41, 5.74) is 0.768. The number of piperidine rings is 1. The molecule has 4 rings (SSSR count). The van der Waals surface area contributed by atoms with E-state index in [1.807, 2.05) is 24.3 Å². The van der Waals surface area contributed by atoms with Crippen LogP contribution in [0.3, 0.4) is 0 Å². The van der Waals surface area contributed by atoms with E-state index in [9.17, 15) is 9.59 Å². The van der Waals surface area contributed by atoms with Crippen LogP contribution >= 0.6 is 0 Å². The van der Waals surface area contributed by atoms with Gasteiger partial charge in [0.2, 0.25) is 11.8 Å². The number of hydrogen-bond acceptors (Lipinski definition) is 3. The van der Waals surface area contributed by atoms with Crippen molar-refractivity contribution < 1.29 is 14.3 Å². The summed E-state index contributed by atoms with van der Waals surface area (Å²) in [6.07, 6.45) is 7.58. The van der Waals surface area contributed by atoms with Crippen molar-refractivity contribution >= 4 is 17.5 Å². The van der Waals surface area contributed by atoms with E-state index >= 15 is 0 Å². The second-order valence-corrected chi connectivity index (χ2v) is 7.86. The number of rotatable bonds is 3. The Balaban J connectivity index is 1.50. The lowest BCUT2D eigenvalue weighted by atomic mass is 9.78. The molecule has 2 saturated heterocycles. The summed E-state index contributed by atoms with van der Waals surface area (Å²) >= 11 is 0. The molecule has 3 fully saturated rings. The Labute approximate surface area is 155 Å². The van der Waals surface area contributed by atoms with Gasteiger partial charge in [-0.15, -0.1) is 0 Å².